The molecule has 0 aliphatic carbocycles. The molecule has 17 heavy (non-hydrogen) atoms. The van der Waals surface area contributed by atoms with E-state index < -0.39 is 11.1 Å². The van der Waals surface area contributed by atoms with Crippen molar-refractivity contribution in [1.29, 1.82) is 0 Å². The Morgan fingerprint density at radius 3 is 2.12 bits per heavy atom. The Hall–Kier alpha value is -0.870. The number of ether oxygens (including phenoxy) is 1. The highest BCUT2D eigenvalue weighted by atomic mass is 16.5. The number of hydroxylamine groups is 2. The van der Waals surface area contributed by atoms with Gasteiger partial charge in [-0.05, 0) is 34.6 Å². The molecule has 97 valence electrons. The van der Waals surface area contributed by atoms with E-state index in [1.54, 1.807) is 13.0 Å². The van der Waals surface area contributed by atoms with Crippen LogP contribution < -0.4 is 0 Å². The van der Waals surface area contributed by atoms with Gasteiger partial charge in [0.2, 0.25) is 0 Å². The minimum atomic E-state index is -0.497. The van der Waals surface area contributed by atoms with E-state index in [0.717, 1.165) is 5.06 Å². The molecule has 0 bridgehead atoms. The molecule has 0 unspecified atom stereocenters. The van der Waals surface area contributed by atoms with Crippen molar-refractivity contribution in [3.8, 4) is 0 Å². The molecule has 0 saturated carbocycles. The fourth-order valence-corrected chi connectivity index (χ4v) is 2.59. The molecule has 1 aliphatic heterocycles. The van der Waals surface area contributed by atoms with Crippen LogP contribution in [0.5, 0.6) is 0 Å². The van der Waals surface area contributed by atoms with Gasteiger partial charge in [0.15, 0.2) is 0 Å². The summed E-state index contributed by atoms with van der Waals surface area (Å²) in [5.41, 5.74) is -0.995. The van der Waals surface area contributed by atoms with Gasteiger partial charge in [-0.25, -0.2) is 4.79 Å². The van der Waals surface area contributed by atoms with E-state index in [2.05, 4.69) is 0 Å². The van der Waals surface area contributed by atoms with Gasteiger partial charge in [-0.1, -0.05) is 6.08 Å². The van der Waals surface area contributed by atoms with Gasteiger partial charge in [0.25, 0.3) is 0 Å². The number of hydrogen-bond donors (Lipinski definition) is 0. The molecule has 1 radical (unpaired) electrons. The molecule has 4 heteroatoms. The van der Waals surface area contributed by atoms with Gasteiger partial charge in [0, 0.05) is 30.0 Å². The lowest BCUT2D eigenvalue weighted by atomic mass is 9.80. The highest BCUT2D eigenvalue weighted by Gasteiger charge is 2.47. The Balaban J connectivity index is 2.75. The second-order valence-electron chi connectivity index (χ2n) is 5.89. The molecule has 0 aromatic rings. The van der Waals surface area contributed by atoms with Crippen LogP contribution in [0.25, 0.3) is 0 Å². The summed E-state index contributed by atoms with van der Waals surface area (Å²) in [5, 5.41) is 13.2. The van der Waals surface area contributed by atoms with Crippen LogP contribution in [0.1, 0.15) is 47.5 Å². The summed E-state index contributed by atoms with van der Waals surface area (Å²) < 4.78 is 5.36. The van der Waals surface area contributed by atoms with Crippen molar-refractivity contribution in [2.75, 3.05) is 0 Å². The number of rotatable bonds is 2. The lowest BCUT2D eigenvalue weighted by molar-refractivity contribution is -0.299. The third kappa shape index (κ3) is 3.30. The maximum absolute atomic E-state index is 12.1. The van der Waals surface area contributed by atoms with Crippen LogP contribution in [0.15, 0.2) is 12.2 Å². The second-order valence-corrected chi connectivity index (χ2v) is 5.89. The van der Waals surface area contributed by atoms with E-state index in [9.17, 15) is 10.0 Å². The predicted octanol–water partition coefficient (Wildman–Crippen LogP) is 2.47. The van der Waals surface area contributed by atoms with Gasteiger partial charge in [-0.3, -0.25) is 0 Å². The Morgan fingerprint density at radius 1 is 1.24 bits per heavy atom. The molecule has 0 atom stereocenters. The maximum atomic E-state index is 12.1. The normalized spacial score (nSPS) is 25.1. The number of piperidine rings is 1. The Labute approximate surface area is 103 Å². The van der Waals surface area contributed by atoms with Gasteiger partial charge in [-0.15, -0.1) is 10.3 Å². The maximum Gasteiger partial charge on any atom is 0.330 e. The first-order valence-corrected chi connectivity index (χ1v) is 6.00. The van der Waals surface area contributed by atoms with Crippen LogP contribution >= 0.6 is 0 Å². The molecular formula is C13H22NO3. The lowest BCUT2D eigenvalue weighted by Crippen LogP contribution is -2.60. The van der Waals surface area contributed by atoms with E-state index >= 15 is 0 Å². The summed E-state index contributed by atoms with van der Waals surface area (Å²) >= 11 is 0. The van der Waals surface area contributed by atoms with Gasteiger partial charge in [0.1, 0.15) is 6.10 Å². The average molecular weight is 240 g/mol. The monoisotopic (exact) mass is 240 g/mol. The minimum Gasteiger partial charge on any atom is -0.459 e. The molecule has 1 heterocycles. The topological polar surface area (TPSA) is 49.4 Å². The molecule has 4 nitrogen and oxygen atoms in total. The number of allylic oxidation sites excluding steroid dienone is 1. The fraction of sp³-hybridized carbons (Fsp3) is 0.769. The van der Waals surface area contributed by atoms with Crippen molar-refractivity contribution in [3.63, 3.8) is 0 Å². The second kappa shape index (κ2) is 4.78. The highest BCUT2D eigenvalue weighted by molar-refractivity contribution is 5.81. The van der Waals surface area contributed by atoms with Gasteiger partial charge in [-0.2, -0.15) is 0 Å². The van der Waals surface area contributed by atoms with Gasteiger partial charge >= 0.3 is 5.97 Å². The van der Waals surface area contributed by atoms with Crippen molar-refractivity contribution < 1.29 is 14.7 Å². The molecule has 0 spiro atoms. The summed E-state index contributed by atoms with van der Waals surface area (Å²) in [4.78, 5) is 11.4. The largest absolute Gasteiger partial charge is 0.459 e. The third-order valence-corrected chi connectivity index (χ3v) is 3.14. The molecule has 0 aromatic carbocycles. The quantitative estimate of drug-likeness (QED) is 0.550. The molecule has 1 saturated heterocycles. The molecule has 0 N–H and O–H groups in total. The Kier molecular flexibility index (Phi) is 3.99. The van der Waals surface area contributed by atoms with Crippen molar-refractivity contribution in [1.82, 2.24) is 5.06 Å². The van der Waals surface area contributed by atoms with Crippen LogP contribution in [0, 0.1) is 0 Å². The van der Waals surface area contributed by atoms with Crippen LogP contribution in [0.3, 0.4) is 0 Å². The van der Waals surface area contributed by atoms with Gasteiger partial charge < -0.3 is 4.74 Å². The van der Waals surface area contributed by atoms with Crippen LogP contribution in [0.2, 0.25) is 0 Å². The fourth-order valence-electron chi connectivity index (χ4n) is 2.59. The van der Waals surface area contributed by atoms with E-state index in [1.165, 1.54) is 6.08 Å². The first kappa shape index (κ1) is 14.2. The first-order chi connectivity index (χ1) is 7.69. The predicted molar refractivity (Wildman–Crippen MR) is 64.6 cm³/mol. The van der Waals surface area contributed by atoms with Crippen LogP contribution in [-0.2, 0) is 14.7 Å². The number of carbonyl (C=O) groups is 1. The minimum absolute atomic E-state index is 0.186. The smallest absolute Gasteiger partial charge is 0.330 e. The van der Waals surface area contributed by atoms with Crippen LogP contribution in [0.4, 0.5) is 0 Å². The first-order valence-electron chi connectivity index (χ1n) is 6.00. The zero-order valence-electron chi connectivity index (χ0n) is 11.3. The number of carbonyl (C=O) groups excluding carboxylic acids is 1. The summed E-state index contributed by atoms with van der Waals surface area (Å²) in [6, 6.07) is 0. The third-order valence-electron chi connectivity index (χ3n) is 3.14. The average Bonchev–Trinajstić information content (AvgIpc) is 2.13. The number of esters is 1. The SMILES string of the molecule is CC=CC(=O)OC1CC(C)(C)N([O])C(C)(C)C1. The summed E-state index contributed by atoms with van der Waals surface area (Å²) in [7, 11) is 0. The molecule has 1 rings (SSSR count). The number of hydrogen-bond acceptors (Lipinski definition) is 3. The molecule has 0 aromatic heterocycles. The standard InChI is InChI=1S/C13H22NO3/c1-6-7-11(15)17-10-8-12(2,3)14(16)13(4,5)9-10/h6-7,10H,8-9H2,1-5H3. The number of nitrogens with zero attached hydrogens (tertiary/aromatic N) is 1. The van der Waals surface area contributed by atoms with Crippen molar-refractivity contribution in [3.05, 3.63) is 12.2 Å². The molecule has 1 fully saturated rings. The van der Waals surface area contributed by atoms with Gasteiger partial charge in [0.05, 0.1) is 0 Å². The molecule has 0 amide bonds. The van der Waals surface area contributed by atoms with E-state index in [4.69, 9.17) is 4.74 Å². The Morgan fingerprint density at radius 2 is 1.71 bits per heavy atom. The summed E-state index contributed by atoms with van der Waals surface area (Å²) in [6.45, 7) is 9.32. The summed E-state index contributed by atoms with van der Waals surface area (Å²) in [5.74, 6) is -0.330. The van der Waals surface area contributed by atoms with E-state index in [1.807, 2.05) is 27.7 Å². The zero-order valence-corrected chi connectivity index (χ0v) is 11.3. The van der Waals surface area contributed by atoms with Crippen LogP contribution in [-0.4, -0.2) is 28.2 Å². The Bertz CT molecular complexity index is 303. The summed E-state index contributed by atoms with van der Waals surface area (Å²) in [6.07, 6.45) is 4.02. The lowest BCUT2D eigenvalue weighted by Gasteiger charge is -2.49. The van der Waals surface area contributed by atoms with Crippen molar-refractivity contribution in [2.24, 2.45) is 0 Å². The van der Waals surface area contributed by atoms with E-state index in [-0.39, 0.29) is 12.1 Å². The van der Waals surface area contributed by atoms with Crippen molar-refractivity contribution >= 4 is 5.97 Å². The van der Waals surface area contributed by atoms with E-state index in [0.29, 0.717) is 12.8 Å². The zero-order chi connectivity index (χ0) is 13.3. The highest BCUT2D eigenvalue weighted by Crippen LogP contribution is 2.38. The molecular weight excluding hydrogens is 218 g/mol. The molecule has 1 aliphatic rings. The van der Waals surface area contributed by atoms with Crippen molar-refractivity contribution in [2.45, 2.75) is 64.6 Å².